The van der Waals surface area contributed by atoms with Crippen LogP contribution in [0.15, 0.2) is 71.5 Å². The zero-order valence-corrected chi connectivity index (χ0v) is 18.1. The van der Waals surface area contributed by atoms with Crippen molar-refractivity contribution < 1.29 is 4.79 Å². The third-order valence-electron chi connectivity index (χ3n) is 6.74. The van der Waals surface area contributed by atoms with Crippen molar-refractivity contribution in [1.82, 2.24) is 9.97 Å². The standard InChI is InChI=1S/C26H30N4O2/c27-16-21(17-7-3-1-4-8-17)24(19-11-13-20(14-12-19)25(28)32)26-29-22(15-23(31)30-26)18-9-5-2-6-10-18/h1-10,15,19-21,24H,11-14,16,27H2,(H2,28,32)(H,29,30,31)/t19?,20?,21-,24?/m1/s1. The maximum atomic E-state index is 12.7. The van der Waals surface area contributed by atoms with Crippen molar-refractivity contribution in [2.24, 2.45) is 23.3 Å². The predicted molar refractivity (Wildman–Crippen MR) is 126 cm³/mol. The lowest BCUT2D eigenvalue weighted by atomic mass is 9.69. The number of hydrogen-bond acceptors (Lipinski definition) is 4. The van der Waals surface area contributed by atoms with Crippen molar-refractivity contribution in [1.29, 1.82) is 0 Å². The molecule has 1 amide bonds. The number of H-pyrrole nitrogens is 1. The highest BCUT2D eigenvalue weighted by Gasteiger charge is 2.37. The van der Waals surface area contributed by atoms with Crippen molar-refractivity contribution in [2.75, 3.05) is 6.54 Å². The molecule has 5 N–H and O–H groups in total. The Labute approximate surface area is 188 Å². The normalized spacial score (nSPS) is 20.4. The van der Waals surface area contributed by atoms with E-state index >= 15 is 0 Å². The summed E-state index contributed by atoms with van der Waals surface area (Å²) in [7, 11) is 0. The van der Waals surface area contributed by atoms with Crippen LogP contribution in [0.5, 0.6) is 0 Å². The van der Waals surface area contributed by atoms with Gasteiger partial charge in [-0.25, -0.2) is 4.98 Å². The summed E-state index contributed by atoms with van der Waals surface area (Å²) in [5.74, 6) is 0.540. The highest BCUT2D eigenvalue weighted by molar-refractivity contribution is 5.76. The van der Waals surface area contributed by atoms with E-state index in [0.29, 0.717) is 18.1 Å². The van der Waals surface area contributed by atoms with Crippen LogP contribution in [0.4, 0.5) is 0 Å². The summed E-state index contributed by atoms with van der Waals surface area (Å²) in [5.41, 5.74) is 14.4. The molecule has 1 fully saturated rings. The molecule has 0 spiro atoms. The van der Waals surface area contributed by atoms with Crippen molar-refractivity contribution >= 4 is 5.91 Å². The van der Waals surface area contributed by atoms with Crippen LogP contribution in [-0.2, 0) is 4.79 Å². The fourth-order valence-electron chi connectivity index (χ4n) is 5.09. The minimum Gasteiger partial charge on any atom is -0.369 e. The summed E-state index contributed by atoms with van der Waals surface area (Å²) in [6, 6.07) is 21.4. The number of aromatic nitrogens is 2. The summed E-state index contributed by atoms with van der Waals surface area (Å²) in [5, 5.41) is 0. The van der Waals surface area contributed by atoms with Crippen molar-refractivity contribution in [3.8, 4) is 11.3 Å². The highest BCUT2D eigenvalue weighted by atomic mass is 16.1. The molecule has 0 aliphatic heterocycles. The Hall–Kier alpha value is -3.25. The van der Waals surface area contributed by atoms with E-state index in [1.807, 2.05) is 48.5 Å². The third kappa shape index (κ3) is 4.81. The molecule has 1 aliphatic carbocycles. The maximum Gasteiger partial charge on any atom is 0.251 e. The molecule has 166 valence electrons. The van der Waals surface area contributed by atoms with E-state index in [-0.39, 0.29) is 35.1 Å². The molecular weight excluding hydrogens is 400 g/mol. The van der Waals surface area contributed by atoms with Gasteiger partial charge in [0.15, 0.2) is 0 Å². The molecule has 6 heteroatoms. The van der Waals surface area contributed by atoms with E-state index in [2.05, 4.69) is 17.1 Å². The SMILES string of the molecule is NC[C@H](c1ccccc1)C(c1nc(-c2ccccc2)cc(=O)[nH]1)C1CCC(C(N)=O)CC1. The Morgan fingerprint density at radius 3 is 2.22 bits per heavy atom. The molecule has 0 saturated heterocycles. The molecule has 1 unspecified atom stereocenters. The Kier molecular flexibility index (Phi) is 6.81. The monoisotopic (exact) mass is 430 g/mol. The number of nitrogens with one attached hydrogen (secondary N) is 1. The second-order valence-electron chi connectivity index (χ2n) is 8.67. The second-order valence-corrected chi connectivity index (χ2v) is 8.67. The molecule has 1 heterocycles. The van der Waals surface area contributed by atoms with Crippen LogP contribution >= 0.6 is 0 Å². The van der Waals surface area contributed by atoms with Gasteiger partial charge < -0.3 is 16.5 Å². The average molecular weight is 431 g/mol. The minimum atomic E-state index is -0.226. The molecule has 0 radical (unpaired) electrons. The second kappa shape index (κ2) is 9.92. The number of hydrogen-bond donors (Lipinski definition) is 3. The van der Waals surface area contributed by atoms with Crippen LogP contribution in [0.25, 0.3) is 11.3 Å². The number of primary amides is 1. The van der Waals surface area contributed by atoms with Gasteiger partial charge in [-0.3, -0.25) is 9.59 Å². The van der Waals surface area contributed by atoms with Gasteiger partial charge in [0.2, 0.25) is 5.91 Å². The van der Waals surface area contributed by atoms with Crippen LogP contribution in [0.3, 0.4) is 0 Å². The summed E-state index contributed by atoms with van der Waals surface area (Å²) >= 11 is 0. The zero-order chi connectivity index (χ0) is 22.5. The quantitative estimate of drug-likeness (QED) is 0.532. The predicted octanol–water partition coefficient (Wildman–Crippen LogP) is 3.55. The first kappa shape index (κ1) is 22.0. The lowest BCUT2D eigenvalue weighted by Gasteiger charge is -2.37. The van der Waals surface area contributed by atoms with Gasteiger partial charge in [-0.05, 0) is 43.7 Å². The molecule has 1 aliphatic rings. The van der Waals surface area contributed by atoms with Crippen molar-refractivity contribution in [2.45, 2.75) is 37.5 Å². The van der Waals surface area contributed by atoms with Crippen LogP contribution in [0.2, 0.25) is 0 Å². The Bertz CT molecular complexity index is 1090. The summed E-state index contributed by atoms with van der Waals surface area (Å²) in [6.07, 6.45) is 3.21. The van der Waals surface area contributed by atoms with Crippen molar-refractivity contribution in [3.05, 3.63) is 88.5 Å². The van der Waals surface area contributed by atoms with Crippen LogP contribution in [0, 0.1) is 11.8 Å². The first-order valence-electron chi connectivity index (χ1n) is 11.3. The Morgan fingerprint density at radius 2 is 1.62 bits per heavy atom. The molecule has 0 bridgehead atoms. The van der Waals surface area contributed by atoms with Gasteiger partial charge in [-0.2, -0.15) is 0 Å². The summed E-state index contributed by atoms with van der Waals surface area (Å²) in [4.78, 5) is 32.3. The van der Waals surface area contributed by atoms with Gasteiger partial charge in [0.25, 0.3) is 5.56 Å². The van der Waals surface area contributed by atoms with E-state index in [1.54, 1.807) is 6.07 Å². The van der Waals surface area contributed by atoms with Gasteiger partial charge in [-0.15, -0.1) is 0 Å². The fraction of sp³-hybridized carbons (Fsp3) is 0.346. The number of amides is 1. The van der Waals surface area contributed by atoms with Crippen LogP contribution < -0.4 is 17.0 Å². The van der Waals surface area contributed by atoms with Gasteiger partial charge in [0.1, 0.15) is 5.82 Å². The third-order valence-corrected chi connectivity index (χ3v) is 6.74. The Morgan fingerprint density at radius 1 is 1.00 bits per heavy atom. The molecule has 6 nitrogen and oxygen atoms in total. The van der Waals surface area contributed by atoms with Crippen molar-refractivity contribution in [3.63, 3.8) is 0 Å². The van der Waals surface area contributed by atoms with E-state index in [0.717, 1.165) is 36.8 Å². The van der Waals surface area contributed by atoms with E-state index < -0.39 is 0 Å². The van der Waals surface area contributed by atoms with Gasteiger partial charge in [0, 0.05) is 29.4 Å². The molecule has 2 atom stereocenters. The summed E-state index contributed by atoms with van der Waals surface area (Å²) < 4.78 is 0. The summed E-state index contributed by atoms with van der Waals surface area (Å²) in [6.45, 7) is 0.434. The number of carbonyl (C=O) groups is 1. The molecule has 1 aromatic heterocycles. The first-order valence-corrected chi connectivity index (χ1v) is 11.3. The number of aromatic amines is 1. The van der Waals surface area contributed by atoms with E-state index in [9.17, 15) is 9.59 Å². The number of benzene rings is 2. The molecule has 32 heavy (non-hydrogen) atoms. The first-order chi connectivity index (χ1) is 15.6. The Balaban J connectivity index is 1.77. The van der Waals surface area contributed by atoms with Gasteiger partial charge >= 0.3 is 0 Å². The van der Waals surface area contributed by atoms with E-state index in [4.69, 9.17) is 16.5 Å². The number of nitrogens with zero attached hydrogens (tertiary/aromatic N) is 1. The van der Waals surface area contributed by atoms with Gasteiger partial charge in [-0.1, -0.05) is 60.7 Å². The number of rotatable bonds is 7. The highest BCUT2D eigenvalue weighted by Crippen LogP contribution is 2.44. The topological polar surface area (TPSA) is 115 Å². The maximum absolute atomic E-state index is 12.7. The molecule has 2 aromatic carbocycles. The molecule has 3 aromatic rings. The fourth-order valence-corrected chi connectivity index (χ4v) is 5.09. The lowest BCUT2D eigenvalue weighted by Crippen LogP contribution is -2.34. The minimum absolute atomic E-state index is 0.000464. The van der Waals surface area contributed by atoms with Crippen LogP contribution in [-0.4, -0.2) is 22.4 Å². The number of nitrogens with two attached hydrogens (primary N) is 2. The lowest BCUT2D eigenvalue weighted by molar-refractivity contribution is -0.123. The average Bonchev–Trinajstić information content (AvgIpc) is 2.83. The van der Waals surface area contributed by atoms with Gasteiger partial charge in [0.05, 0.1) is 5.69 Å². The zero-order valence-electron chi connectivity index (χ0n) is 18.1. The van der Waals surface area contributed by atoms with Crippen LogP contribution in [0.1, 0.15) is 48.9 Å². The number of carbonyl (C=O) groups excluding carboxylic acids is 1. The molecular formula is C26H30N4O2. The van der Waals surface area contributed by atoms with E-state index in [1.165, 1.54) is 0 Å². The largest absolute Gasteiger partial charge is 0.369 e. The molecule has 4 rings (SSSR count). The molecule has 1 saturated carbocycles. The smallest absolute Gasteiger partial charge is 0.251 e.